The van der Waals surface area contributed by atoms with Crippen molar-refractivity contribution in [2.24, 2.45) is 0 Å². The second-order valence-electron chi connectivity index (χ2n) is 5.00. The van der Waals surface area contributed by atoms with Crippen LogP contribution in [0.2, 0.25) is 0 Å². The summed E-state index contributed by atoms with van der Waals surface area (Å²) in [6.07, 6.45) is 0.00587. The molecule has 0 aliphatic carbocycles. The summed E-state index contributed by atoms with van der Waals surface area (Å²) >= 11 is 0. The van der Waals surface area contributed by atoms with E-state index in [0.717, 1.165) is 0 Å². The Balaban J connectivity index is 2.47. The SMILES string of the molecule is CCOC(=O)c1cc(CP(=O)(OCC)OCC)nc2ccccc12. The van der Waals surface area contributed by atoms with E-state index in [0.29, 0.717) is 22.2 Å². The molecular weight excluding hydrogens is 329 g/mol. The molecule has 0 fully saturated rings. The van der Waals surface area contributed by atoms with Gasteiger partial charge in [0.05, 0.1) is 42.8 Å². The number of hydrogen-bond acceptors (Lipinski definition) is 6. The zero-order chi connectivity index (χ0) is 17.6. The van der Waals surface area contributed by atoms with Gasteiger partial charge in [0.15, 0.2) is 0 Å². The number of hydrogen-bond donors (Lipinski definition) is 0. The highest BCUT2D eigenvalue weighted by Gasteiger charge is 2.26. The Morgan fingerprint density at radius 3 is 2.38 bits per heavy atom. The third kappa shape index (κ3) is 4.41. The number of benzene rings is 1. The molecule has 1 heterocycles. The molecule has 1 aromatic heterocycles. The fourth-order valence-electron chi connectivity index (χ4n) is 2.41. The molecule has 0 bridgehead atoms. The number of pyridine rings is 1. The maximum atomic E-state index is 12.7. The minimum absolute atomic E-state index is 0.00587. The van der Waals surface area contributed by atoms with Crippen LogP contribution in [0.25, 0.3) is 10.9 Å². The lowest BCUT2D eigenvalue weighted by Gasteiger charge is -2.17. The fraction of sp³-hybridized carbons (Fsp3) is 0.412. The van der Waals surface area contributed by atoms with Gasteiger partial charge in [-0.25, -0.2) is 4.79 Å². The van der Waals surface area contributed by atoms with Crippen LogP contribution in [0.1, 0.15) is 36.8 Å². The molecule has 2 rings (SSSR count). The maximum Gasteiger partial charge on any atom is 0.338 e. The molecule has 0 radical (unpaired) electrons. The van der Waals surface area contributed by atoms with Gasteiger partial charge in [0.2, 0.25) is 0 Å². The summed E-state index contributed by atoms with van der Waals surface area (Å²) < 4.78 is 28.5. The van der Waals surface area contributed by atoms with Crippen LogP contribution in [0, 0.1) is 0 Å². The molecule has 0 spiro atoms. The Morgan fingerprint density at radius 1 is 1.08 bits per heavy atom. The van der Waals surface area contributed by atoms with Crippen molar-refractivity contribution in [1.82, 2.24) is 4.98 Å². The molecule has 0 saturated heterocycles. The quantitative estimate of drug-likeness (QED) is 0.525. The largest absolute Gasteiger partial charge is 0.462 e. The molecule has 6 nitrogen and oxygen atoms in total. The van der Waals surface area contributed by atoms with Gasteiger partial charge in [0, 0.05) is 5.39 Å². The minimum atomic E-state index is -3.30. The summed E-state index contributed by atoms with van der Waals surface area (Å²) in [6, 6.07) is 8.87. The van der Waals surface area contributed by atoms with E-state index >= 15 is 0 Å². The third-order valence-electron chi connectivity index (χ3n) is 3.27. The summed E-state index contributed by atoms with van der Waals surface area (Å²) in [7, 11) is -3.30. The number of nitrogens with zero attached hydrogens (tertiary/aromatic N) is 1. The lowest BCUT2D eigenvalue weighted by molar-refractivity contribution is 0.0528. The second kappa shape index (κ2) is 8.38. The van der Waals surface area contributed by atoms with Crippen molar-refractivity contribution in [3.8, 4) is 0 Å². The van der Waals surface area contributed by atoms with E-state index in [9.17, 15) is 9.36 Å². The topological polar surface area (TPSA) is 74.7 Å². The summed E-state index contributed by atoms with van der Waals surface area (Å²) in [4.78, 5) is 16.7. The first-order valence-corrected chi connectivity index (χ1v) is 9.69. The highest BCUT2D eigenvalue weighted by atomic mass is 31.2. The smallest absolute Gasteiger partial charge is 0.338 e. The zero-order valence-corrected chi connectivity index (χ0v) is 15.0. The molecular formula is C17H22NO5P. The third-order valence-corrected chi connectivity index (χ3v) is 5.29. The molecule has 0 amide bonds. The van der Waals surface area contributed by atoms with Crippen molar-refractivity contribution >= 4 is 24.5 Å². The van der Waals surface area contributed by atoms with Crippen molar-refractivity contribution in [3.63, 3.8) is 0 Å². The molecule has 0 unspecified atom stereocenters. The average Bonchev–Trinajstić information content (AvgIpc) is 2.54. The van der Waals surface area contributed by atoms with Crippen molar-refractivity contribution in [1.29, 1.82) is 0 Å². The van der Waals surface area contributed by atoms with Gasteiger partial charge in [-0.15, -0.1) is 0 Å². The number of aromatic nitrogens is 1. The van der Waals surface area contributed by atoms with Gasteiger partial charge in [0.1, 0.15) is 0 Å². The van der Waals surface area contributed by atoms with Gasteiger partial charge in [-0.2, -0.15) is 0 Å². The predicted octanol–water partition coefficient (Wildman–Crippen LogP) is 4.18. The van der Waals surface area contributed by atoms with Crippen LogP contribution in [0.15, 0.2) is 30.3 Å². The number of para-hydroxylation sites is 1. The molecule has 0 aliphatic heterocycles. The summed E-state index contributed by atoms with van der Waals surface area (Å²) in [5.41, 5.74) is 1.51. The summed E-state index contributed by atoms with van der Waals surface area (Å²) in [5, 5.41) is 0.697. The van der Waals surface area contributed by atoms with Crippen LogP contribution >= 0.6 is 7.60 Å². The van der Waals surface area contributed by atoms with Gasteiger partial charge in [0.25, 0.3) is 0 Å². The first-order chi connectivity index (χ1) is 11.5. The molecule has 7 heteroatoms. The molecule has 0 N–H and O–H groups in total. The zero-order valence-electron chi connectivity index (χ0n) is 14.2. The second-order valence-corrected chi connectivity index (χ2v) is 7.06. The van der Waals surface area contributed by atoms with Crippen LogP contribution in [0.5, 0.6) is 0 Å². The van der Waals surface area contributed by atoms with Gasteiger partial charge >= 0.3 is 13.6 Å². The van der Waals surface area contributed by atoms with E-state index in [-0.39, 0.29) is 26.0 Å². The maximum absolute atomic E-state index is 12.7. The standard InChI is InChI=1S/C17H22NO5P/c1-4-21-17(19)15-11-13(12-24(20,22-5-2)23-6-3)18-16-10-8-7-9-14(15)16/h7-11H,4-6,12H2,1-3H3. The number of rotatable bonds is 8. The summed E-state index contributed by atoms with van der Waals surface area (Å²) in [5.74, 6) is -0.431. The summed E-state index contributed by atoms with van der Waals surface area (Å²) in [6.45, 7) is 6.08. The van der Waals surface area contributed by atoms with Crippen molar-refractivity contribution in [2.75, 3.05) is 19.8 Å². The molecule has 0 aliphatic rings. The molecule has 0 atom stereocenters. The van der Waals surface area contributed by atoms with E-state index in [4.69, 9.17) is 13.8 Å². The van der Waals surface area contributed by atoms with Crippen LogP contribution in [0.3, 0.4) is 0 Å². The fourth-order valence-corrected chi connectivity index (χ4v) is 4.01. The van der Waals surface area contributed by atoms with Crippen LogP contribution in [0.4, 0.5) is 0 Å². The van der Waals surface area contributed by atoms with Crippen LogP contribution in [-0.2, 0) is 24.5 Å². The van der Waals surface area contributed by atoms with E-state index in [1.807, 2.05) is 18.2 Å². The van der Waals surface area contributed by atoms with E-state index in [2.05, 4.69) is 4.98 Å². The predicted molar refractivity (Wildman–Crippen MR) is 92.3 cm³/mol. The van der Waals surface area contributed by atoms with E-state index in [1.54, 1.807) is 32.9 Å². The lowest BCUT2D eigenvalue weighted by Crippen LogP contribution is -2.08. The van der Waals surface area contributed by atoms with Crippen molar-refractivity contribution in [3.05, 3.63) is 41.6 Å². The Labute approximate surface area is 141 Å². The van der Waals surface area contributed by atoms with Gasteiger partial charge in [-0.1, -0.05) is 18.2 Å². The minimum Gasteiger partial charge on any atom is -0.462 e. The molecule has 130 valence electrons. The molecule has 2 aromatic rings. The molecule has 24 heavy (non-hydrogen) atoms. The number of carbonyl (C=O) groups is 1. The first kappa shape index (κ1) is 18.6. The Morgan fingerprint density at radius 2 is 1.75 bits per heavy atom. The van der Waals surface area contributed by atoms with E-state index < -0.39 is 13.6 Å². The van der Waals surface area contributed by atoms with E-state index in [1.165, 1.54) is 0 Å². The number of carbonyl (C=O) groups excluding carboxylic acids is 1. The highest BCUT2D eigenvalue weighted by molar-refractivity contribution is 7.53. The normalized spacial score (nSPS) is 11.6. The Hall–Kier alpha value is -1.75. The molecule has 0 saturated carbocycles. The molecule has 1 aromatic carbocycles. The van der Waals surface area contributed by atoms with Crippen molar-refractivity contribution in [2.45, 2.75) is 26.9 Å². The first-order valence-electron chi connectivity index (χ1n) is 7.97. The van der Waals surface area contributed by atoms with Gasteiger partial charge in [-0.3, -0.25) is 9.55 Å². The Kier molecular flexibility index (Phi) is 6.49. The average molecular weight is 351 g/mol. The Bertz CT molecular complexity index is 752. The van der Waals surface area contributed by atoms with Crippen LogP contribution < -0.4 is 0 Å². The van der Waals surface area contributed by atoms with Crippen molar-refractivity contribution < 1.29 is 23.1 Å². The van der Waals surface area contributed by atoms with Crippen LogP contribution in [-0.4, -0.2) is 30.8 Å². The van der Waals surface area contributed by atoms with Gasteiger partial charge < -0.3 is 13.8 Å². The number of ether oxygens (including phenoxy) is 1. The number of fused-ring (bicyclic) bond motifs is 1. The highest BCUT2D eigenvalue weighted by Crippen LogP contribution is 2.51. The lowest BCUT2D eigenvalue weighted by atomic mass is 10.1. The number of esters is 1. The monoisotopic (exact) mass is 351 g/mol. The van der Waals surface area contributed by atoms with Gasteiger partial charge in [-0.05, 0) is 32.9 Å².